The zero-order chi connectivity index (χ0) is 21.9. The maximum Gasteiger partial charge on any atom is 0.246 e. The van der Waals surface area contributed by atoms with Crippen LogP contribution in [0.2, 0.25) is 5.02 Å². The summed E-state index contributed by atoms with van der Waals surface area (Å²) in [4.78, 5) is 39.3. The normalized spacial score (nSPS) is 14.0. The van der Waals surface area contributed by atoms with Crippen LogP contribution in [0, 0.1) is 0 Å². The molecule has 0 unspecified atom stereocenters. The Bertz CT molecular complexity index is 1100. The summed E-state index contributed by atoms with van der Waals surface area (Å²) in [6.07, 6.45) is 0.761. The zero-order valence-corrected chi connectivity index (χ0v) is 17.6. The molecule has 3 aromatic carbocycles. The van der Waals surface area contributed by atoms with Gasteiger partial charge >= 0.3 is 0 Å². The van der Waals surface area contributed by atoms with Crippen LogP contribution in [-0.4, -0.2) is 29.0 Å². The van der Waals surface area contributed by atoms with E-state index in [0.717, 1.165) is 21.2 Å². The van der Waals surface area contributed by atoms with E-state index in [9.17, 15) is 14.4 Å². The van der Waals surface area contributed by atoms with E-state index in [1.54, 1.807) is 30.3 Å². The third kappa shape index (κ3) is 4.13. The van der Waals surface area contributed by atoms with Gasteiger partial charge in [0.2, 0.25) is 11.8 Å². The Morgan fingerprint density at radius 2 is 1.70 bits per heavy atom. The first-order valence-electron chi connectivity index (χ1n) is 9.59. The lowest BCUT2D eigenvalue weighted by Crippen LogP contribution is -2.58. The second-order valence-corrected chi connectivity index (χ2v) is 7.83. The van der Waals surface area contributed by atoms with Crippen LogP contribution in [0.15, 0.2) is 66.7 Å². The molecule has 0 saturated heterocycles. The first-order chi connectivity index (χ1) is 14.3. The lowest BCUT2D eigenvalue weighted by molar-refractivity contribution is -0.155. The van der Waals surface area contributed by atoms with Crippen molar-refractivity contribution in [1.29, 1.82) is 0 Å². The van der Waals surface area contributed by atoms with Crippen molar-refractivity contribution in [2.75, 3.05) is 0 Å². The zero-order valence-electron chi connectivity index (χ0n) is 16.8. The van der Waals surface area contributed by atoms with Crippen LogP contribution in [-0.2, 0) is 26.3 Å². The van der Waals surface area contributed by atoms with Crippen molar-refractivity contribution in [1.82, 2.24) is 4.90 Å². The molecule has 2 atom stereocenters. The molecule has 0 spiro atoms. The molecule has 0 heterocycles. The number of imide groups is 1. The molecule has 0 aliphatic heterocycles. The number of halogens is 1. The van der Waals surface area contributed by atoms with E-state index in [1.165, 1.54) is 13.8 Å². The quantitative estimate of drug-likeness (QED) is 0.612. The highest BCUT2D eigenvalue weighted by Crippen LogP contribution is 2.34. The van der Waals surface area contributed by atoms with Gasteiger partial charge in [-0.1, -0.05) is 60.1 Å². The average molecular weight is 423 g/mol. The number of amides is 2. The molecule has 0 aliphatic rings. The Hall–Kier alpha value is -3.02. The fourth-order valence-corrected chi connectivity index (χ4v) is 3.81. The molecule has 3 rings (SSSR count). The molecule has 0 bridgehead atoms. The van der Waals surface area contributed by atoms with Crippen molar-refractivity contribution in [3.63, 3.8) is 0 Å². The number of benzene rings is 3. The summed E-state index contributed by atoms with van der Waals surface area (Å²) in [5.74, 6) is -1.16. The van der Waals surface area contributed by atoms with Gasteiger partial charge in [-0.25, -0.2) is 0 Å². The van der Waals surface area contributed by atoms with Gasteiger partial charge in [-0.15, -0.1) is 0 Å². The monoisotopic (exact) mass is 422 g/mol. The lowest BCUT2D eigenvalue weighted by atomic mass is 9.81. The molecular weight excluding hydrogens is 400 g/mol. The summed E-state index contributed by atoms with van der Waals surface area (Å²) in [6, 6.07) is 19.2. The number of nitrogens with two attached hydrogens (primary N) is 1. The highest BCUT2D eigenvalue weighted by Gasteiger charge is 2.45. The van der Waals surface area contributed by atoms with Gasteiger partial charge in [0.05, 0.1) is 6.04 Å². The molecule has 30 heavy (non-hydrogen) atoms. The summed E-state index contributed by atoms with van der Waals surface area (Å²) in [5, 5.41) is 2.44. The summed E-state index contributed by atoms with van der Waals surface area (Å²) in [7, 11) is 0. The van der Waals surface area contributed by atoms with Crippen molar-refractivity contribution in [3.8, 4) is 0 Å². The molecule has 0 fully saturated rings. The van der Waals surface area contributed by atoms with E-state index in [-0.39, 0.29) is 6.42 Å². The highest BCUT2D eigenvalue weighted by atomic mass is 35.5. The third-order valence-electron chi connectivity index (χ3n) is 5.16. The Balaban J connectivity index is 2.26. The fourth-order valence-electron chi connectivity index (χ4n) is 3.68. The number of hydrogen-bond acceptors (Lipinski definition) is 4. The largest absolute Gasteiger partial charge is 0.320 e. The standard InChI is InChI=1S/C24H23ClN2O3/c1-16(26)23(30)27(17(2)29)24(15-28,14-18-7-11-22(25)12-8-18)21-10-9-19-5-3-4-6-20(19)13-21/h3-13,15-16H,14,26H2,1-2H3/t16-,24-/m0/s1. The van der Waals surface area contributed by atoms with Gasteiger partial charge in [-0.2, -0.15) is 0 Å². The van der Waals surface area contributed by atoms with Gasteiger partial charge < -0.3 is 10.5 Å². The van der Waals surface area contributed by atoms with Crippen LogP contribution in [0.5, 0.6) is 0 Å². The summed E-state index contributed by atoms with van der Waals surface area (Å²) < 4.78 is 0. The smallest absolute Gasteiger partial charge is 0.246 e. The van der Waals surface area contributed by atoms with E-state index < -0.39 is 23.4 Å². The molecule has 2 amide bonds. The van der Waals surface area contributed by atoms with E-state index in [1.807, 2.05) is 36.4 Å². The maximum atomic E-state index is 13.0. The van der Waals surface area contributed by atoms with Gasteiger partial charge in [0.15, 0.2) is 6.29 Å². The van der Waals surface area contributed by atoms with E-state index >= 15 is 0 Å². The second-order valence-electron chi connectivity index (χ2n) is 7.39. The van der Waals surface area contributed by atoms with Gasteiger partial charge in [-0.05, 0) is 47.0 Å². The van der Waals surface area contributed by atoms with Gasteiger partial charge in [0.25, 0.3) is 0 Å². The van der Waals surface area contributed by atoms with Crippen LogP contribution >= 0.6 is 11.6 Å². The predicted octanol–water partition coefficient (Wildman–Crippen LogP) is 3.85. The van der Waals surface area contributed by atoms with E-state index in [4.69, 9.17) is 17.3 Å². The van der Waals surface area contributed by atoms with E-state index in [0.29, 0.717) is 16.9 Å². The van der Waals surface area contributed by atoms with E-state index in [2.05, 4.69) is 0 Å². The number of nitrogens with zero attached hydrogens (tertiary/aromatic N) is 1. The molecule has 5 nitrogen and oxygen atoms in total. The molecule has 0 radical (unpaired) electrons. The first-order valence-corrected chi connectivity index (χ1v) is 9.96. The van der Waals surface area contributed by atoms with Gasteiger partial charge in [0, 0.05) is 18.4 Å². The topological polar surface area (TPSA) is 80.5 Å². The number of carbonyl (C=O) groups is 3. The fraction of sp³-hybridized carbons (Fsp3) is 0.208. The Kier molecular flexibility index (Phi) is 6.34. The van der Waals surface area contributed by atoms with Crippen LogP contribution in [0.1, 0.15) is 25.0 Å². The van der Waals surface area contributed by atoms with Crippen molar-refractivity contribution in [2.24, 2.45) is 5.73 Å². The highest BCUT2D eigenvalue weighted by molar-refractivity contribution is 6.30. The minimum atomic E-state index is -1.55. The molecular formula is C24H23ClN2O3. The van der Waals surface area contributed by atoms with Crippen molar-refractivity contribution in [2.45, 2.75) is 31.8 Å². The van der Waals surface area contributed by atoms with Crippen LogP contribution in [0.4, 0.5) is 0 Å². The average Bonchev–Trinajstić information content (AvgIpc) is 2.73. The van der Waals surface area contributed by atoms with Crippen molar-refractivity contribution in [3.05, 3.63) is 82.9 Å². The Labute approximate surface area is 180 Å². The van der Waals surface area contributed by atoms with Crippen molar-refractivity contribution < 1.29 is 14.4 Å². The number of rotatable bonds is 6. The van der Waals surface area contributed by atoms with Gasteiger partial charge in [0.1, 0.15) is 5.54 Å². The minimum absolute atomic E-state index is 0.101. The second kappa shape index (κ2) is 8.78. The molecule has 0 saturated carbocycles. The minimum Gasteiger partial charge on any atom is -0.320 e. The Morgan fingerprint density at radius 1 is 1.07 bits per heavy atom. The SMILES string of the molecule is CC(=O)N(C(=O)[C@H](C)N)[C@](C=O)(Cc1ccc(Cl)cc1)c1ccc2ccccc2c1. The van der Waals surface area contributed by atoms with Gasteiger partial charge in [-0.3, -0.25) is 14.5 Å². The number of aldehydes is 1. The molecule has 154 valence electrons. The summed E-state index contributed by atoms with van der Waals surface area (Å²) in [5.41, 5.74) is 5.57. The number of carbonyl (C=O) groups excluding carboxylic acids is 3. The third-order valence-corrected chi connectivity index (χ3v) is 5.41. The Morgan fingerprint density at radius 3 is 2.27 bits per heavy atom. The first kappa shape index (κ1) is 21.7. The number of fused-ring (bicyclic) bond motifs is 1. The molecule has 3 aromatic rings. The van der Waals surface area contributed by atoms with Crippen LogP contribution in [0.3, 0.4) is 0 Å². The molecule has 2 N–H and O–H groups in total. The van der Waals surface area contributed by atoms with Crippen molar-refractivity contribution >= 4 is 40.5 Å². The van der Waals surface area contributed by atoms with Crippen LogP contribution in [0.25, 0.3) is 10.8 Å². The lowest BCUT2D eigenvalue weighted by Gasteiger charge is -2.39. The molecule has 6 heteroatoms. The maximum absolute atomic E-state index is 13.0. The summed E-state index contributed by atoms with van der Waals surface area (Å²) >= 11 is 6.00. The summed E-state index contributed by atoms with van der Waals surface area (Å²) in [6.45, 7) is 2.76. The molecule has 0 aromatic heterocycles. The van der Waals surface area contributed by atoms with Crippen LogP contribution < -0.4 is 5.73 Å². The molecule has 0 aliphatic carbocycles. The predicted molar refractivity (Wildman–Crippen MR) is 118 cm³/mol. The number of hydrogen-bond donors (Lipinski definition) is 1.